The molecule has 1 saturated heterocycles. The summed E-state index contributed by atoms with van der Waals surface area (Å²) in [6.45, 7) is 0.677. The SMILES string of the molecule is COC(=O)N[C@@H](C(=O)N1CC[C@H]1C(=O)NCc1ccc(C(=N)N)cc1)C(c1ccccc1)c1ccccc1. The van der Waals surface area contributed by atoms with Gasteiger partial charge in [0.15, 0.2) is 0 Å². The third kappa shape index (κ3) is 6.00. The Hall–Kier alpha value is -4.66. The lowest BCUT2D eigenvalue weighted by Gasteiger charge is -2.43. The Morgan fingerprint density at radius 1 is 0.974 bits per heavy atom. The van der Waals surface area contributed by atoms with Crippen LogP contribution in [0.5, 0.6) is 0 Å². The van der Waals surface area contributed by atoms with Gasteiger partial charge in [-0.3, -0.25) is 15.0 Å². The average molecular weight is 514 g/mol. The monoisotopic (exact) mass is 513 g/mol. The Bertz CT molecular complexity index is 1240. The number of benzene rings is 3. The largest absolute Gasteiger partial charge is 0.453 e. The van der Waals surface area contributed by atoms with E-state index >= 15 is 0 Å². The number of amides is 3. The summed E-state index contributed by atoms with van der Waals surface area (Å²) < 4.78 is 4.85. The molecule has 0 spiro atoms. The number of nitrogen functional groups attached to an aromatic ring is 1. The summed E-state index contributed by atoms with van der Waals surface area (Å²) in [6.07, 6.45) is -0.205. The molecule has 4 rings (SSSR count). The van der Waals surface area contributed by atoms with Crippen LogP contribution in [0.1, 0.15) is 34.6 Å². The van der Waals surface area contributed by atoms with Crippen molar-refractivity contribution in [1.29, 1.82) is 5.41 Å². The quantitative estimate of drug-likeness (QED) is 0.258. The fourth-order valence-electron chi connectivity index (χ4n) is 4.58. The van der Waals surface area contributed by atoms with E-state index in [9.17, 15) is 14.4 Å². The molecule has 1 aliphatic rings. The van der Waals surface area contributed by atoms with Gasteiger partial charge in [0.25, 0.3) is 0 Å². The number of nitrogens with two attached hydrogens (primary N) is 1. The molecular weight excluding hydrogens is 482 g/mol. The van der Waals surface area contributed by atoms with Crippen molar-refractivity contribution in [3.63, 3.8) is 0 Å². The van der Waals surface area contributed by atoms with Crippen LogP contribution in [0, 0.1) is 5.41 Å². The van der Waals surface area contributed by atoms with E-state index in [1.54, 1.807) is 24.3 Å². The van der Waals surface area contributed by atoms with Gasteiger partial charge in [-0.2, -0.15) is 0 Å². The number of carbonyl (C=O) groups is 3. The first-order chi connectivity index (χ1) is 18.4. The molecule has 9 heteroatoms. The minimum Gasteiger partial charge on any atom is -0.453 e. The summed E-state index contributed by atoms with van der Waals surface area (Å²) in [5.74, 6) is -1.14. The van der Waals surface area contributed by atoms with Crippen molar-refractivity contribution in [2.75, 3.05) is 13.7 Å². The Labute approximate surface area is 221 Å². The van der Waals surface area contributed by atoms with Crippen LogP contribution < -0.4 is 16.4 Å². The highest BCUT2D eigenvalue weighted by Crippen LogP contribution is 2.31. The second kappa shape index (κ2) is 12.1. The molecule has 1 aliphatic heterocycles. The van der Waals surface area contributed by atoms with Gasteiger partial charge in [0.05, 0.1) is 7.11 Å². The number of hydrogen-bond donors (Lipinski definition) is 4. The summed E-state index contributed by atoms with van der Waals surface area (Å²) in [5.41, 5.74) is 8.65. The maximum absolute atomic E-state index is 13.9. The second-order valence-electron chi connectivity index (χ2n) is 9.08. The van der Waals surface area contributed by atoms with Crippen molar-refractivity contribution in [1.82, 2.24) is 15.5 Å². The number of nitrogens with zero attached hydrogens (tertiary/aromatic N) is 1. The summed E-state index contributed by atoms with van der Waals surface area (Å²) in [6, 6.07) is 24.4. The van der Waals surface area contributed by atoms with Crippen molar-refractivity contribution < 1.29 is 19.1 Å². The minimum absolute atomic E-state index is 0.0244. The number of alkyl carbamates (subject to hydrolysis) is 1. The first kappa shape index (κ1) is 26.4. The topological polar surface area (TPSA) is 138 Å². The van der Waals surface area contributed by atoms with Gasteiger partial charge in [-0.15, -0.1) is 0 Å². The fraction of sp³-hybridized carbons (Fsp3) is 0.241. The van der Waals surface area contributed by atoms with Crippen LogP contribution >= 0.6 is 0 Å². The highest BCUT2D eigenvalue weighted by Gasteiger charge is 2.43. The summed E-state index contributed by atoms with van der Waals surface area (Å²) in [7, 11) is 1.25. The number of carbonyl (C=O) groups excluding carboxylic acids is 3. The lowest BCUT2D eigenvalue weighted by Crippen LogP contribution is -2.63. The smallest absolute Gasteiger partial charge is 0.407 e. The number of nitrogens with one attached hydrogen (secondary N) is 3. The number of likely N-dealkylation sites (tertiary alicyclic amines) is 1. The molecule has 0 saturated carbocycles. The maximum Gasteiger partial charge on any atom is 0.407 e. The summed E-state index contributed by atoms with van der Waals surface area (Å²) >= 11 is 0. The first-order valence-electron chi connectivity index (χ1n) is 12.3. The number of hydrogen-bond acceptors (Lipinski definition) is 5. The second-order valence-corrected chi connectivity index (χ2v) is 9.08. The standard InChI is InChI=1S/C29H31N5O4/c1-38-29(37)33-25(24(20-8-4-2-5-9-20)21-10-6-3-7-11-21)28(36)34-17-16-23(34)27(35)32-18-19-12-14-22(15-13-19)26(30)31/h2-15,23-25H,16-18H2,1H3,(H3,30,31)(H,32,35)(H,33,37)/t23-,25+/m0/s1. The summed E-state index contributed by atoms with van der Waals surface area (Å²) in [4.78, 5) is 40.8. The van der Waals surface area contributed by atoms with Crippen LogP contribution in [0.25, 0.3) is 0 Å². The van der Waals surface area contributed by atoms with Gasteiger partial charge in [0, 0.05) is 24.6 Å². The van der Waals surface area contributed by atoms with E-state index in [1.807, 2.05) is 60.7 Å². The van der Waals surface area contributed by atoms with E-state index in [0.29, 0.717) is 18.5 Å². The van der Waals surface area contributed by atoms with Gasteiger partial charge < -0.3 is 26.0 Å². The van der Waals surface area contributed by atoms with E-state index in [4.69, 9.17) is 15.9 Å². The lowest BCUT2D eigenvalue weighted by atomic mass is 9.83. The van der Waals surface area contributed by atoms with Crippen LogP contribution in [0.15, 0.2) is 84.9 Å². The first-order valence-corrected chi connectivity index (χ1v) is 12.3. The van der Waals surface area contributed by atoms with Gasteiger partial charge in [-0.1, -0.05) is 84.9 Å². The van der Waals surface area contributed by atoms with Gasteiger partial charge >= 0.3 is 6.09 Å². The molecule has 2 atom stereocenters. The molecular formula is C29H31N5O4. The highest BCUT2D eigenvalue weighted by molar-refractivity contribution is 5.95. The third-order valence-electron chi connectivity index (χ3n) is 6.71. The number of ether oxygens (including phenoxy) is 1. The number of amidine groups is 1. The molecule has 0 bridgehead atoms. The van der Waals surface area contributed by atoms with Crippen LogP contribution in [0.3, 0.4) is 0 Å². The van der Waals surface area contributed by atoms with Crippen molar-refractivity contribution >= 4 is 23.7 Å². The predicted octanol–water partition coefficient (Wildman–Crippen LogP) is 2.74. The molecule has 0 aromatic heterocycles. The molecule has 196 valence electrons. The Morgan fingerprint density at radius 2 is 1.55 bits per heavy atom. The van der Waals surface area contributed by atoms with E-state index in [2.05, 4.69) is 10.6 Å². The van der Waals surface area contributed by atoms with Gasteiger partial charge in [-0.25, -0.2) is 4.79 Å². The molecule has 5 N–H and O–H groups in total. The van der Waals surface area contributed by atoms with Gasteiger partial charge in [0.2, 0.25) is 11.8 Å². The molecule has 3 aromatic rings. The minimum atomic E-state index is -0.984. The Kier molecular flexibility index (Phi) is 8.37. The van der Waals surface area contributed by atoms with Crippen LogP contribution in [0.4, 0.5) is 4.79 Å². The molecule has 0 radical (unpaired) electrons. The molecule has 3 amide bonds. The summed E-state index contributed by atoms with van der Waals surface area (Å²) in [5, 5.41) is 13.1. The third-order valence-corrected chi connectivity index (χ3v) is 6.71. The van der Waals surface area contributed by atoms with Crippen molar-refractivity contribution in [3.05, 3.63) is 107 Å². The fourth-order valence-corrected chi connectivity index (χ4v) is 4.58. The lowest BCUT2D eigenvalue weighted by molar-refractivity contribution is -0.149. The Balaban J connectivity index is 1.53. The molecule has 0 unspecified atom stereocenters. The van der Waals surface area contributed by atoms with Crippen molar-refractivity contribution in [2.24, 2.45) is 5.73 Å². The molecule has 9 nitrogen and oxygen atoms in total. The maximum atomic E-state index is 13.9. The van der Waals surface area contributed by atoms with Gasteiger partial charge in [0.1, 0.15) is 17.9 Å². The normalized spacial score (nSPS) is 15.2. The number of rotatable bonds is 9. The highest BCUT2D eigenvalue weighted by atomic mass is 16.5. The molecule has 0 aliphatic carbocycles. The molecule has 3 aromatic carbocycles. The van der Waals surface area contributed by atoms with Crippen LogP contribution in [-0.4, -0.2) is 54.4 Å². The zero-order valence-corrected chi connectivity index (χ0v) is 21.1. The molecule has 1 heterocycles. The van der Waals surface area contributed by atoms with Crippen molar-refractivity contribution in [2.45, 2.75) is 31.0 Å². The molecule has 38 heavy (non-hydrogen) atoms. The number of methoxy groups -OCH3 is 1. The average Bonchev–Trinajstić information content (AvgIpc) is 2.92. The van der Waals surface area contributed by atoms with E-state index in [-0.39, 0.29) is 24.2 Å². The van der Waals surface area contributed by atoms with E-state index in [0.717, 1.165) is 16.7 Å². The van der Waals surface area contributed by atoms with E-state index in [1.165, 1.54) is 12.0 Å². The van der Waals surface area contributed by atoms with Gasteiger partial charge in [-0.05, 0) is 23.1 Å². The van der Waals surface area contributed by atoms with E-state index < -0.39 is 24.1 Å². The Morgan fingerprint density at radius 3 is 2.03 bits per heavy atom. The zero-order chi connectivity index (χ0) is 27.1. The van der Waals surface area contributed by atoms with Crippen LogP contribution in [-0.2, 0) is 20.9 Å². The zero-order valence-electron chi connectivity index (χ0n) is 21.1. The van der Waals surface area contributed by atoms with Crippen molar-refractivity contribution in [3.8, 4) is 0 Å². The molecule has 1 fully saturated rings. The predicted molar refractivity (Wildman–Crippen MR) is 143 cm³/mol. The van der Waals surface area contributed by atoms with Crippen LogP contribution in [0.2, 0.25) is 0 Å².